The summed E-state index contributed by atoms with van der Waals surface area (Å²) in [5.74, 6) is 1.20. The van der Waals surface area contributed by atoms with Gasteiger partial charge in [0.25, 0.3) is 0 Å². The van der Waals surface area contributed by atoms with E-state index in [1.165, 1.54) is 0 Å². The normalized spacial score (nSPS) is 18.4. The fourth-order valence-corrected chi connectivity index (χ4v) is 5.91. The Morgan fingerprint density at radius 2 is 2.14 bits per heavy atom. The molecule has 0 amide bonds. The third kappa shape index (κ3) is 3.68. The van der Waals surface area contributed by atoms with Crippen molar-refractivity contribution >= 4 is 17.1 Å². The minimum absolute atomic E-state index is 0.0276. The lowest BCUT2D eigenvalue weighted by molar-refractivity contribution is 0.101. The van der Waals surface area contributed by atoms with Gasteiger partial charge in [0.05, 0.1) is 24.6 Å². The van der Waals surface area contributed by atoms with E-state index in [0.29, 0.717) is 29.9 Å². The molecule has 36 heavy (non-hydrogen) atoms. The van der Waals surface area contributed by atoms with E-state index >= 15 is 0 Å². The molecule has 184 valence electrons. The Labute approximate surface area is 213 Å². The molecule has 1 aromatic carbocycles. The van der Waals surface area contributed by atoms with Crippen molar-refractivity contribution in [2.75, 3.05) is 7.11 Å². The van der Waals surface area contributed by atoms with Gasteiger partial charge in [0.1, 0.15) is 23.8 Å². The van der Waals surface area contributed by atoms with Crippen LogP contribution >= 0.6 is 11.3 Å². The summed E-state index contributed by atoms with van der Waals surface area (Å²) in [6, 6.07) is 8.00. The second-order valence-corrected chi connectivity index (χ2v) is 10.3. The second kappa shape index (κ2) is 8.80. The monoisotopic (exact) mass is 501 g/mol. The van der Waals surface area contributed by atoms with E-state index in [4.69, 9.17) is 14.6 Å². The molecule has 1 fully saturated rings. The number of aromatic nitrogens is 3. The molecule has 4 aromatic rings. The number of hydrogen-bond donors (Lipinski definition) is 1. The number of benzene rings is 1. The third-order valence-corrected chi connectivity index (χ3v) is 7.88. The highest BCUT2D eigenvalue weighted by Crippen LogP contribution is 2.46. The molecule has 1 saturated carbocycles. The average Bonchev–Trinajstić information content (AvgIpc) is 3.68. The van der Waals surface area contributed by atoms with E-state index in [-0.39, 0.29) is 24.4 Å². The number of aliphatic hydroxyl groups excluding tert-OH is 1. The molecule has 0 bridgehead atoms. The summed E-state index contributed by atoms with van der Waals surface area (Å²) in [7, 11) is 3.63. The van der Waals surface area contributed by atoms with E-state index < -0.39 is 0 Å². The minimum atomic E-state index is -0.376. The van der Waals surface area contributed by atoms with Gasteiger partial charge < -0.3 is 19.1 Å². The molecule has 0 unspecified atom stereocenters. The number of carbonyl (C=O) groups is 1. The lowest BCUT2D eigenvalue weighted by atomic mass is 9.91. The molecule has 0 spiro atoms. The van der Waals surface area contributed by atoms with E-state index in [2.05, 4.69) is 12.6 Å². The number of aliphatic hydroxyl groups is 1. The number of rotatable bonds is 6. The zero-order valence-electron chi connectivity index (χ0n) is 20.2. The third-order valence-electron chi connectivity index (χ3n) is 7.21. The van der Waals surface area contributed by atoms with Crippen molar-refractivity contribution in [1.82, 2.24) is 14.3 Å². The number of methoxy groups -OCH3 is 1. The summed E-state index contributed by atoms with van der Waals surface area (Å²) >= 11 is 1.57. The van der Waals surface area contributed by atoms with Crippen LogP contribution in [0.15, 0.2) is 59.6 Å². The van der Waals surface area contributed by atoms with Crippen LogP contribution in [-0.4, -0.2) is 38.5 Å². The number of Topliss-reactive ketones (excluding diaryl/α,β-unsaturated/α-hetero) is 1. The van der Waals surface area contributed by atoms with Crippen LogP contribution in [0, 0.1) is 5.92 Å². The molecule has 2 atom stereocenters. The maximum absolute atomic E-state index is 13.7. The molecule has 1 aliphatic carbocycles. The van der Waals surface area contributed by atoms with Gasteiger partial charge in [-0.3, -0.25) is 4.79 Å². The lowest BCUT2D eigenvalue weighted by Crippen LogP contribution is -2.15. The Bertz CT molecular complexity index is 1480. The number of ether oxygens (including phenoxy) is 2. The molecule has 0 saturated heterocycles. The predicted octanol–water partition coefficient (Wildman–Crippen LogP) is 5.41. The van der Waals surface area contributed by atoms with E-state index in [1.807, 2.05) is 57.6 Å². The van der Waals surface area contributed by atoms with E-state index in [0.717, 1.165) is 45.8 Å². The number of nitrogens with zero attached hydrogens (tertiary/aromatic N) is 3. The van der Waals surface area contributed by atoms with Gasteiger partial charge in [0, 0.05) is 53.1 Å². The lowest BCUT2D eigenvalue weighted by Gasteiger charge is -2.22. The fourth-order valence-electron chi connectivity index (χ4n) is 5.30. The Morgan fingerprint density at radius 1 is 1.28 bits per heavy atom. The molecule has 1 aliphatic heterocycles. The zero-order chi connectivity index (χ0) is 25.0. The largest absolute Gasteiger partial charge is 0.496 e. The van der Waals surface area contributed by atoms with Crippen LogP contribution in [0.4, 0.5) is 0 Å². The molecule has 0 radical (unpaired) electrons. The van der Waals surface area contributed by atoms with Crippen LogP contribution in [0.1, 0.15) is 35.3 Å². The van der Waals surface area contributed by atoms with Crippen LogP contribution in [0.2, 0.25) is 0 Å². The van der Waals surface area contributed by atoms with Crippen LogP contribution in [0.5, 0.6) is 11.5 Å². The Hall–Kier alpha value is -3.62. The maximum Gasteiger partial charge on any atom is 0.209 e. The van der Waals surface area contributed by atoms with Gasteiger partial charge in [-0.1, -0.05) is 6.58 Å². The van der Waals surface area contributed by atoms with Gasteiger partial charge in [-0.25, -0.2) is 4.68 Å². The first-order valence-corrected chi connectivity index (χ1v) is 12.9. The molecule has 7 nitrogen and oxygen atoms in total. The second-order valence-electron chi connectivity index (χ2n) is 9.49. The summed E-state index contributed by atoms with van der Waals surface area (Å²) < 4.78 is 15.7. The number of hydrogen-bond acceptors (Lipinski definition) is 6. The summed E-state index contributed by atoms with van der Waals surface area (Å²) in [5, 5.41) is 18.8. The van der Waals surface area contributed by atoms with Gasteiger partial charge in [-0.2, -0.15) is 16.4 Å². The van der Waals surface area contributed by atoms with Crippen molar-refractivity contribution < 1.29 is 19.4 Å². The van der Waals surface area contributed by atoms with Crippen LogP contribution < -0.4 is 9.47 Å². The summed E-state index contributed by atoms with van der Waals surface area (Å²) in [5.41, 5.74) is 6.18. The van der Waals surface area contributed by atoms with Crippen molar-refractivity contribution in [3.05, 3.63) is 70.8 Å². The highest BCUT2D eigenvalue weighted by Gasteiger charge is 2.35. The standard InChI is InChI=1S/C28H27N3O4S/c1-16(17-4-5-20(32)10-17)28(33)26-23-14-35-25-12-24(34-3)21(18-6-8-30(2)13-18)11-22(25)27(23)31(29-26)19-7-9-36-15-19/h6-9,11-13,15,17,20,32H,1,4-5,10,14H2,2-3H3/t17-,20+/m0/s1. The summed E-state index contributed by atoms with van der Waals surface area (Å²) in [4.78, 5) is 13.7. The topological polar surface area (TPSA) is 78.5 Å². The molecule has 1 N–H and O–H groups in total. The van der Waals surface area contributed by atoms with E-state index in [1.54, 1.807) is 18.4 Å². The fraction of sp³-hybridized carbons (Fsp3) is 0.286. The van der Waals surface area contributed by atoms with Crippen molar-refractivity contribution in [1.29, 1.82) is 0 Å². The number of aryl methyl sites for hydroxylation is 1. The Morgan fingerprint density at radius 3 is 2.81 bits per heavy atom. The number of carbonyl (C=O) groups excluding carboxylic acids is 1. The first-order valence-electron chi connectivity index (χ1n) is 12.0. The van der Waals surface area contributed by atoms with Gasteiger partial charge in [0.15, 0.2) is 0 Å². The first kappa shape index (κ1) is 22.8. The quantitative estimate of drug-likeness (QED) is 0.282. The van der Waals surface area contributed by atoms with Crippen LogP contribution in [-0.2, 0) is 13.7 Å². The number of fused-ring (bicyclic) bond motifs is 3. The highest BCUT2D eigenvalue weighted by molar-refractivity contribution is 7.08. The Kier molecular flexibility index (Phi) is 5.58. The number of allylic oxidation sites excluding steroid dienone is 1. The highest BCUT2D eigenvalue weighted by atomic mass is 32.1. The van der Waals surface area contributed by atoms with Crippen molar-refractivity contribution in [3.8, 4) is 39.6 Å². The van der Waals surface area contributed by atoms with Gasteiger partial charge in [-0.05, 0) is 54.3 Å². The van der Waals surface area contributed by atoms with Crippen molar-refractivity contribution in [2.45, 2.75) is 32.0 Å². The maximum atomic E-state index is 13.7. The first-order chi connectivity index (χ1) is 17.4. The van der Waals surface area contributed by atoms with Crippen LogP contribution in [0.25, 0.3) is 28.1 Å². The average molecular weight is 502 g/mol. The zero-order valence-corrected chi connectivity index (χ0v) is 21.0. The molecular formula is C28H27N3O4S. The molecule has 3 aromatic heterocycles. The molecule has 4 heterocycles. The van der Waals surface area contributed by atoms with Gasteiger partial charge in [-0.15, -0.1) is 0 Å². The minimum Gasteiger partial charge on any atom is -0.496 e. The number of ketones is 1. The Balaban J connectivity index is 1.52. The van der Waals surface area contributed by atoms with E-state index in [9.17, 15) is 9.90 Å². The van der Waals surface area contributed by atoms with Gasteiger partial charge >= 0.3 is 0 Å². The van der Waals surface area contributed by atoms with Gasteiger partial charge in [0.2, 0.25) is 5.78 Å². The summed E-state index contributed by atoms with van der Waals surface area (Å²) in [6.07, 6.45) is 5.68. The molecule has 6 rings (SSSR count). The summed E-state index contributed by atoms with van der Waals surface area (Å²) in [6.45, 7) is 4.35. The van der Waals surface area contributed by atoms with Crippen molar-refractivity contribution in [3.63, 3.8) is 0 Å². The van der Waals surface area contributed by atoms with Crippen LogP contribution in [0.3, 0.4) is 0 Å². The number of thiophene rings is 1. The molecule has 2 aliphatic rings. The SMILES string of the molecule is C=C(C(=O)c1nn(-c2ccsc2)c2c1COc1cc(OC)c(-c3ccn(C)c3)cc1-2)[C@H]1CC[C@@H](O)C1. The molecule has 8 heteroatoms. The predicted molar refractivity (Wildman–Crippen MR) is 139 cm³/mol. The van der Waals surface area contributed by atoms with Crippen molar-refractivity contribution in [2.24, 2.45) is 13.0 Å². The molecular weight excluding hydrogens is 474 g/mol. The smallest absolute Gasteiger partial charge is 0.209 e.